The predicted octanol–water partition coefficient (Wildman–Crippen LogP) is 3.13. The van der Waals surface area contributed by atoms with E-state index in [2.05, 4.69) is 38.0 Å². The van der Waals surface area contributed by atoms with Crippen LogP contribution in [0.15, 0.2) is 0 Å². The highest BCUT2D eigenvalue weighted by Crippen LogP contribution is 2.34. The minimum atomic E-state index is 0.776. The Labute approximate surface area is 114 Å². The molecule has 1 heterocycles. The normalized spacial score (nSPS) is 36.2. The van der Waals surface area contributed by atoms with Crippen molar-refractivity contribution in [2.24, 2.45) is 17.8 Å². The van der Waals surface area contributed by atoms with E-state index in [1.54, 1.807) is 0 Å². The minimum Gasteiger partial charge on any atom is -0.311 e. The van der Waals surface area contributed by atoms with Crippen LogP contribution < -0.4 is 5.32 Å². The Kier molecular flexibility index (Phi) is 5.08. The summed E-state index contributed by atoms with van der Waals surface area (Å²) in [6, 6.07) is 1.56. The molecule has 0 aromatic rings. The van der Waals surface area contributed by atoms with Gasteiger partial charge in [0, 0.05) is 12.1 Å². The second kappa shape index (κ2) is 6.38. The SMILES string of the molecule is CC(C)[C@@H]1CC[C@@H](C)C[C@H]1NC1CCN(C)CC1. The third-order valence-corrected chi connectivity index (χ3v) is 5.19. The molecule has 2 aliphatic rings. The molecule has 0 aromatic heterocycles. The van der Waals surface area contributed by atoms with E-state index in [0.29, 0.717) is 0 Å². The lowest BCUT2D eigenvalue weighted by atomic mass is 9.73. The lowest BCUT2D eigenvalue weighted by Gasteiger charge is -2.41. The number of hydrogen-bond donors (Lipinski definition) is 1. The van der Waals surface area contributed by atoms with Gasteiger partial charge >= 0.3 is 0 Å². The molecule has 1 saturated carbocycles. The van der Waals surface area contributed by atoms with E-state index in [1.807, 2.05) is 0 Å². The third kappa shape index (κ3) is 3.71. The van der Waals surface area contributed by atoms with E-state index in [0.717, 1.165) is 29.8 Å². The molecule has 2 fully saturated rings. The van der Waals surface area contributed by atoms with Crippen LogP contribution in [-0.2, 0) is 0 Å². The smallest absolute Gasteiger partial charge is 0.0103 e. The molecule has 1 saturated heterocycles. The molecule has 106 valence electrons. The zero-order chi connectivity index (χ0) is 13.1. The Balaban J connectivity index is 1.88. The molecule has 1 N–H and O–H groups in total. The van der Waals surface area contributed by atoms with Crippen LogP contribution in [-0.4, -0.2) is 37.1 Å². The van der Waals surface area contributed by atoms with Gasteiger partial charge in [-0.25, -0.2) is 0 Å². The fourth-order valence-electron chi connectivity index (χ4n) is 3.87. The summed E-state index contributed by atoms with van der Waals surface area (Å²) in [7, 11) is 2.25. The summed E-state index contributed by atoms with van der Waals surface area (Å²) >= 11 is 0. The monoisotopic (exact) mass is 252 g/mol. The number of rotatable bonds is 3. The largest absolute Gasteiger partial charge is 0.311 e. The van der Waals surface area contributed by atoms with Crippen molar-refractivity contribution >= 4 is 0 Å². The molecule has 0 radical (unpaired) electrons. The van der Waals surface area contributed by atoms with Crippen LogP contribution in [0.25, 0.3) is 0 Å². The van der Waals surface area contributed by atoms with E-state index in [4.69, 9.17) is 0 Å². The summed E-state index contributed by atoms with van der Waals surface area (Å²) in [6.45, 7) is 9.78. The minimum absolute atomic E-state index is 0.776. The van der Waals surface area contributed by atoms with E-state index in [1.165, 1.54) is 45.2 Å². The van der Waals surface area contributed by atoms with Crippen molar-refractivity contribution in [2.45, 2.75) is 65.0 Å². The van der Waals surface area contributed by atoms with Crippen molar-refractivity contribution in [1.82, 2.24) is 10.2 Å². The predicted molar refractivity (Wildman–Crippen MR) is 78.8 cm³/mol. The van der Waals surface area contributed by atoms with Gasteiger partial charge in [-0.3, -0.25) is 0 Å². The molecule has 3 atom stereocenters. The van der Waals surface area contributed by atoms with Gasteiger partial charge in [-0.1, -0.05) is 27.2 Å². The van der Waals surface area contributed by atoms with Crippen LogP contribution in [0.2, 0.25) is 0 Å². The fourth-order valence-corrected chi connectivity index (χ4v) is 3.87. The lowest BCUT2D eigenvalue weighted by molar-refractivity contribution is 0.139. The standard InChI is InChI=1S/C16H32N2/c1-12(2)15-6-5-13(3)11-16(15)17-14-7-9-18(4)10-8-14/h12-17H,5-11H2,1-4H3/t13-,15+,16-/m1/s1. The van der Waals surface area contributed by atoms with Gasteiger partial charge in [0.1, 0.15) is 0 Å². The summed E-state index contributed by atoms with van der Waals surface area (Å²) in [5.41, 5.74) is 0. The van der Waals surface area contributed by atoms with Gasteiger partial charge in [-0.05, 0) is 63.6 Å². The average molecular weight is 252 g/mol. The van der Waals surface area contributed by atoms with E-state index in [9.17, 15) is 0 Å². The average Bonchev–Trinajstić information content (AvgIpc) is 2.32. The van der Waals surface area contributed by atoms with Gasteiger partial charge in [-0.2, -0.15) is 0 Å². The first-order chi connectivity index (χ1) is 8.56. The summed E-state index contributed by atoms with van der Waals surface area (Å²) in [6.07, 6.45) is 6.95. The molecule has 2 nitrogen and oxygen atoms in total. The van der Waals surface area contributed by atoms with Gasteiger partial charge in [0.05, 0.1) is 0 Å². The van der Waals surface area contributed by atoms with Crippen LogP contribution in [0, 0.1) is 17.8 Å². The van der Waals surface area contributed by atoms with Crippen LogP contribution in [0.5, 0.6) is 0 Å². The Morgan fingerprint density at radius 1 is 1.06 bits per heavy atom. The van der Waals surface area contributed by atoms with Crippen LogP contribution >= 0.6 is 0 Å². The maximum Gasteiger partial charge on any atom is 0.0103 e. The summed E-state index contributed by atoms with van der Waals surface area (Å²) in [5.74, 6) is 2.66. The van der Waals surface area contributed by atoms with Crippen LogP contribution in [0.3, 0.4) is 0 Å². The fraction of sp³-hybridized carbons (Fsp3) is 1.00. The first-order valence-corrected chi connectivity index (χ1v) is 8.01. The Bertz CT molecular complexity index is 243. The zero-order valence-corrected chi connectivity index (χ0v) is 12.8. The Morgan fingerprint density at radius 2 is 1.72 bits per heavy atom. The van der Waals surface area contributed by atoms with Crippen molar-refractivity contribution < 1.29 is 0 Å². The molecule has 0 unspecified atom stereocenters. The van der Waals surface area contributed by atoms with Gasteiger partial charge < -0.3 is 10.2 Å². The first-order valence-electron chi connectivity index (χ1n) is 8.01. The molecular weight excluding hydrogens is 220 g/mol. The first kappa shape index (κ1) is 14.3. The van der Waals surface area contributed by atoms with E-state index < -0.39 is 0 Å². The molecule has 0 bridgehead atoms. The van der Waals surface area contributed by atoms with Crippen molar-refractivity contribution in [1.29, 1.82) is 0 Å². The van der Waals surface area contributed by atoms with Crippen LogP contribution in [0.4, 0.5) is 0 Å². The van der Waals surface area contributed by atoms with Crippen LogP contribution in [0.1, 0.15) is 52.9 Å². The van der Waals surface area contributed by atoms with Crippen molar-refractivity contribution in [2.75, 3.05) is 20.1 Å². The third-order valence-electron chi connectivity index (χ3n) is 5.19. The molecule has 0 spiro atoms. The Hall–Kier alpha value is -0.0800. The number of hydrogen-bond acceptors (Lipinski definition) is 2. The highest BCUT2D eigenvalue weighted by molar-refractivity contribution is 4.89. The number of nitrogens with zero attached hydrogens (tertiary/aromatic N) is 1. The van der Waals surface area contributed by atoms with Crippen molar-refractivity contribution in [3.63, 3.8) is 0 Å². The second-order valence-electron chi connectivity index (χ2n) is 7.18. The molecule has 0 amide bonds. The number of likely N-dealkylation sites (tertiary alicyclic amines) is 1. The number of piperidine rings is 1. The van der Waals surface area contributed by atoms with Gasteiger partial charge in [0.2, 0.25) is 0 Å². The van der Waals surface area contributed by atoms with Gasteiger partial charge in [0.15, 0.2) is 0 Å². The molecule has 1 aliphatic carbocycles. The molecule has 0 aromatic carbocycles. The van der Waals surface area contributed by atoms with Gasteiger partial charge in [0.25, 0.3) is 0 Å². The summed E-state index contributed by atoms with van der Waals surface area (Å²) in [5, 5.41) is 4.01. The quantitative estimate of drug-likeness (QED) is 0.830. The van der Waals surface area contributed by atoms with Gasteiger partial charge in [-0.15, -0.1) is 0 Å². The molecular formula is C16H32N2. The molecule has 1 aliphatic heterocycles. The summed E-state index contributed by atoms with van der Waals surface area (Å²) in [4.78, 5) is 2.46. The Morgan fingerprint density at radius 3 is 2.33 bits per heavy atom. The zero-order valence-electron chi connectivity index (χ0n) is 12.8. The van der Waals surface area contributed by atoms with E-state index >= 15 is 0 Å². The van der Waals surface area contributed by atoms with Crippen molar-refractivity contribution in [3.05, 3.63) is 0 Å². The number of nitrogens with one attached hydrogen (secondary N) is 1. The maximum absolute atomic E-state index is 4.01. The molecule has 18 heavy (non-hydrogen) atoms. The highest BCUT2D eigenvalue weighted by Gasteiger charge is 2.32. The topological polar surface area (TPSA) is 15.3 Å². The lowest BCUT2D eigenvalue weighted by Crippen LogP contribution is -2.50. The second-order valence-corrected chi connectivity index (χ2v) is 7.18. The maximum atomic E-state index is 4.01. The summed E-state index contributed by atoms with van der Waals surface area (Å²) < 4.78 is 0. The van der Waals surface area contributed by atoms with E-state index in [-0.39, 0.29) is 0 Å². The molecule has 2 rings (SSSR count). The molecule has 2 heteroatoms. The highest BCUT2D eigenvalue weighted by atomic mass is 15.1. The van der Waals surface area contributed by atoms with Crippen molar-refractivity contribution in [3.8, 4) is 0 Å².